The molecule has 2 aliphatic rings. The Morgan fingerprint density at radius 2 is 2.00 bits per heavy atom. The van der Waals surface area contributed by atoms with Crippen molar-refractivity contribution >= 4 is 28.9 Å². The van der Waals surface area contributed by atoms with Gasteiger partial charge in [0.15, 0.2) is 23.8 Å². The van der Waals surface area contributed by atoms with Gasteiger partial charge < -0.3 is 31.1 Å². The molecule has 4 rings (SSSR count). The third kappa shape index (κ3) is 4.66. The number of carboxylic acid groups (broad SMARTS) is 1. The zero-order chi connectivity index (χ0) is 24.4. The van der Waals surface area contributed by atoms with Crippen LogP contribution in [0.15, 0.2) is 6.33 Å². The summed E-state index contributed by atoms with van der Waals surface area (Å²) in [5, 5.41) is 32.5. The fourth-order valence-electron chi connectivity index (χ4n) is 4.13. The fraction of sp³-hybridized carbons (Fsp3) is 0.571. The zero-order valence-electron chi connectivity index (χ0n) is 18.6. The van der Waals surface area contributed by atoms with Crippen LogP contribution in [0.5, 0.6) is 0 Å². The number of anilines is 1. The lowest BCUT2D eigenvalue weighted by Gasteiger charge is -2.28. The van der Waals surface area contributed by atoms with Gasteiger partial charge in [-0.2, -0.15) is 0 Å². The number of hydrogen-bond acceptors (Lipinski definition) is 10. The number of carboxylic acids is 1. The second-order valence-corrected chi connectivity index (χ2v) is 8.27. The van der Waals surface area contributed by atoms with Crippen LogP contribution >= 0.6 is 0 Å². The van der Waals surface area contributed by atoms with Crippen molar-refractivity contribution < 1.29 is 29.6 Å². The number of aliphatic hydroxyl groups is 2. The van der Waals surface area contributed by atoms with E-state index in [4.69, 9.17) is 15.6 Å². The van der Waals surface area contributed by atoms with E-state index in [2.05, 4.69) is 37.0 Å². The molecular weight excluding hydrogens is 446 g/mol. The van der Waals surface area contributed by atoms with Crippen LogP contribution in [-0.4, -0.2) is 96.1 Å². The number of aliphatic carboxylic acids is 1. The summed E-state index contributed by atoms with van der Waals surface area (Å²) >= 11 is 0. The minimum absolute atomic E-state index is 0.0867. The molecule has 34 heavy (non-hydrogen) atoms. The molecule has 6 N–H and O–H groups in total. The number of likely N-dealkylation sites (N-methyl/N-ethyl adjacent to an activating group) is 1. The topological polar surface area (TPSA) is 189 Å². The van der Waals surface area contributed by atoms with E-state index in [-0.39, 0.29) is 28.7 Å². The molecule has 4 heterocycles. The summed E-state index contributed by atoms with van der Waals surface area (Å²) in [6.45, 7) is 3.80. The molecule has 0 aliphatic carbocycles. The maximum absolute atomic E-state index is 12.2. The lowest BCUT2D eigenvalue weighted by Crippen LogP contribution is -2.42. The number of rotatable bonds is 5. The van der Waals surface area contributed by atoms with Gasteiger partial charge in [-0.15, -0.1) is 0 Å². The summed E-state index contributed by atoms with van der Waals surface area (Å²) in [7, 11) is 0. The summed E-state index contributed by atoms with van der Waals surface area (Å²) in [5.74, 6) is 4.47. The SMILES string of the molecule is CCNC(=O)C1OC(n2cnc3c(N)nc(C#CCN4CCC(C(=O)O)CC4)nc32)C(O)C1O. The highest BCUT2D eigenvalue weighted by Gasteiger charge is 2.47. The smallest absolute Gasteiger partial charge is 0.306 e. The van der Waals surface area contributed by atoms with Crippen molar-refractivity contribution in [3.8, 4) is 11.8 Å². The first-order chi connectivity index (χ1) is 16.3. The molecule has 182 valence electrons. The van der Waals surface area contributed by atoms with E-state index < -0.39 is 36.4 Å². The molecule has 2 aliphatic heterocycles. The van der Waals surface area contributed by atoms with Gasteiger partial charge in [0.05, 0.1) is 18.8 Å². The Labute approximate surface area is 194 Å². The number of nitrogens with one attached hydrogen (secondary N) is 1. The van der Waals surface area contributed by atoms with Crippen molar-refractivity contribution in [3.63, 3.8) is 0 Å². The van der Waals surface area contributed by atoms with Crippen LogP contribution in [0.2, 0.25) is 0 Å². The number of ether oxygens (including phenoxy) is 1. The highest BCUT2D eigenvalue weighted by molar-refractivity contribution is 5.83. The Balaban J connectivity index is 1.52. The number of fused-ring (bicyclic) bond motifs is 1. The van der Waals surface area contributed by atoms with E-state index in [1.165, 1.54) is 10.9 Å². The van der Waals surface area contributed by atoms with Gasteiger partial charge in [-0.3, -0.25) is 19.1 Å². The van der Waals surface area contributed by atoms with Crippen LogP contribution < -0.4 is 11.1 Å². The first-order valence-corrected chi connectivity index (χ1v) is 11.0. The van der Waals surface area contributed by atoms with Gasteiger partial charge in [0.1, 0.15) is 17.7 Å². The predicted molar refractivity (Wildman–Crippen MR) is 118 cm³/mol. The van der Waals surface area contributed by atoms with E-state index in [1.807, 2.05) is 0 Å². The van der Waals surface area contributed by atoms with Gasteiger partial charge in [-0.25, -0.2) is 15.0 Å². The monoisotopic (exact) mass is 473 g/mol. The number of likely N-dealkylation sites (tertiary alicyclic amines) is 1. The normalized spacial score (nSPS) is 25.7. The number of carbonyl (C=O) groups excluding carboxylic acids is 1. The van der Waals surface area contributed by atoms with Gasteiger partial charge >= 0.3 is 5.97 Å². The number of nitrogen functional groups attached to an aromatic ring is 1. The van der Waals surface area contributed by atoms with E-state index in [0.717, 1.165) is 0 Å². The van der Waals surface area contributed by atoms with E-state index in [9.17, 15) is 19.8 Å². The van der Waals surface area contributed by atoms with Crippen molar-refractivity contribution in [1.29, 1.82) is 0 Å². The van der Waals surface area contributed by atoms with Gasteiger partial charge in [0, 0.05) is 6.54 Å². The summed E-state index contributed by atoms with van der Waals surface area (Å²) in [4.78, 5) is 38.0. The Bertz CT molecular complexity index is 1130. The maximum atomic E-state index is 12.2. The summed E-state index contributed by atoms with van der Waals surface area (Å²) < 4.78 is 7.03. The molecule has 2 saturated heterocycles. The van der Waals surface area contributed by atoms with Crippen molar-refractivity contribution in [2.24, 2.45) is 5.92 Å². The highest BCUT2D eigenvalue weighted by Crippen LogP contribution is 2.32. The Hall–Kier alpha value is -3.31. The van der Waals surface area contributed by atoms with E-state index in [1.54, 1.807) is 6.92 Å². The van der Waals surface area contributed by atoms with Gasteiger partial charge in [0.2, 0.25) is 5.82 Å². The third-order valence-corrected chi connectivity index (χ3v) is 6.01. The molecule has 4 unspecified atom stereocenters. The van der Waals surface area contributed by atoms with Crippen molar-refractivity contribution in [2.45, 2.75) is 44.3 Å². The van der Waals surface area contributed by atoms with Crippen LogP contribution in [0.25, 0.3) is 11.2 Å². The maximum Gasteiger partial charge on any atom is 0.306 e. The average molecular weight is 473 g/mol. The van der Waals surface area contributed by atoms with Gasteiger partial charge in [-0.05, 0) is 38.8 Å². The second kappa shape index (κ2) is 9.90. The van der Waals surface area contributed by atoms with Crippen LogP contribution in [0.3, 0.4) is 0 Å². The Morgan fingerprint density at radius 3 is 2.68 bits per heavy atom. The summed E-state index contributed by atoms with van der Waals surface area (Å²) in [6.07, 6.45) is -2.68. The first-order valence-electron chi connectivity index (χ1n) is 11.0. The number of amides is 1. The standard InChI is InChI=1S/C21H27N7O6/c1-2-23-19(31)16-14(29)15(30)20(34-16)28-10-24-13-17(22)25-12(26-18(13)28)4-3-7-27-8-5-11(6-9-27)21(32)33/h10-11,14-16,20,29-30H,2,5-9H2,1H3,(H,23,31)(H,32,33)(H2,22,25,26). The third-order valence-electron chi connectivity index (χ3n) is 6.01. The van der Waals surface area contributed by atoms with Crippen molar-refractivity contribution in [2.75, 3.05) is 31.9 Å². The minimum Gasteiger partial charge on any atom is -0.481 e. The minimum atomic E-state index is -1.43. The van der Waals surface area contributed by atoms with E-state index in [0.29, 0.717) is 39.0 Å². The molecule has 1 amide bonds. The quantitative estimate of drug-likeness (QED) is 0.312. The van der Waals surface area contributed by atoms with Crippen LogP contribution in [-0.2, 0) is 14.3 Å². The van der Waals surface area contributed by atoms with Crippen LogP contribution in [0, 0.1) is 17.8 Å². The molecule has 0 saturated carbocycles. The molecule has 4 atom stereocenters. The average Bonchev–Trinajstić information content (AvgIpc) is 3.36. The summed E-state index contributed by atoms with van der Waals surface area (Å²) in [5.41, 5.74) is 6.54. The van der Waals surface area contributed by atoms with Crippen LogP contribution in [0.1, 0.15) is 31.8 Å². The molecule has 2 fully saturated rings. The molecular formula is C21H27N7O6. The first kappa shape index (κ1) is 23.8. The molecule has 2 aromatic heterocycles. The van der Waals surface area contributed by atoms with E-state index >= 15 is 0 Å². The largest absolute Gasteiger partial charge is 0.481 e. The highest BCUT2D eigenvalue weighted by atomic mass is 16.6. The number of carbonyl (C=O) groups is 2. The molecule has 0 radical (unpaired) electrons. The Morgan fingerprint density at radius 1 is 1.26 bits per heavy atom. The lowest BCUT2D eigenvalue weighted by atomic mass is 9.97. The number of nitrogens with zero attached hydrogens (tertiary/aromatic N) is 5. The number of aliphatic hydroxyl groups excluding tert-OH is 2. The van der Waals surface area contributed by atoms with Gasteiger partial charge in [0.25, 0.3) is 5.91 Å². The number of piperidine rings is 1. The molecule has 0 bridgehead atoms. The fourth-order valence-corrected chi connectivity index (χ4v) is 4.13. The molecule has 13 heteroatoms. The second-order valence-electron chi connectivity index (χ2n) is 8.27. The number of aromatic nitrogens is 4. The summed E-state index contributed by atoms with van der Waals surface area (Å²) in [6, 6.07) is 0. The van der Waals surface area contributed by atoms with Crippen molar-refractivity contribution in [1.82, 2.24) is 29.7 Å². The number of nitrogens with two attached hydrogens (primary N) is 1. The van der Waals surface area contributed by atoms with Crippen molar-refractivity contribution in [3.05, 3.63) is 12.2 Å². The molecule has 0 spiro atoms. The number of imidazole rings is 1. The molecule has 13 nitrogen and oxygen atoms in total. The molecule has 0 aromatic carbocycles. The Kier molecular flexibility index (Phi) is 6.94. The zero-order valence-corrected chi connectivity index (χ0v) is 18.6. The molecule has 2 aromatic rings. The lowest BCUT2D eigenvalue weighted by molar-refractivity contribution is -0.143. The number of hydrogen-bond donors (Lipinski definition) is 5. The van der Waals surface area contributed by atoms with Crippen LogP contribution in [0.4, 0.5) is 5.82 Å². The predicted octanol–water partition coefficient (Wildman–Crippen LogP) is -1.69. The van der Waals surface area contributed by atoms with Gasteiger partial charge in [-0.1, -0.05) is 5.92 Å².